The zero-order valence-electron chi connectivity index (χ0n) is 12.5. The fraction of sp³-hybridized carbons (Fsp3) is 0.714. The van der Waals surface area contributed by atoms with Crippen molar-refractivity contribution in [2.75, 3.05) is 24.6 Å². The van der Waals surface area contributed by atoms with E-state index in [0.717, 1.165) is 24.6 Å². The molecule has 0 saturated carbocycles. The van der Waals surface area contributed by atoms with Crippen LogP contribution in [0.3, 0.4) is 0 Å². The zero-order chi connectivity index (χ0) is 14.9. The van der Waals surface area contributed by atoms with E-state index in [1.807, 2.05) is 20.8 Å². The van der Waals surface area contributed by atoms with Crippen molar-refractivity contribution in [3.05, 3.63) is 10.6 Å². The Morgan fingerprint density at radius 3 is 2.75 bits per heavy atom. The fourth-order valence-electron chi connectivity index (χ4n) is 2.24. The largest absolute Gasteiger partial charge is 0.477 e. The predicted octanol–water partition coefficient (Wildman–Crippen LogP) is 2.75. The number of carboxylic acid groups (broad SMARTS) is 1. The molecular weight excluding hydrogens is 276 g/mol. The van der Waals surface area contributed by atoms with E-state index in [2.05, 4.69) is 16.8 Å². The van der Waals surface area contributed by atoms with Crippen LogP contribution in [0.5, 0.6) is 0 Å². The highest BCUT2D eigenvalue weighted by molar-refractivity contribution is 7.17. The van der Waals surface area contributed by atoms with Gasteiger partial charge in [-0.2, -0.15) is 0 Å². The van der Waals surface area contributed by atoms with E-state index in [1.54, 1.807) is 0 Å². The predicted molar refractivity (Wildman–Crippen MR) is 80.0 cm³/mol. The van der Waals surface area contributed by atoms with Crippen LogP contribution in [0.25, 0.3) is 0 Å². The number of ether oxygens (including phenoxy) is 1. The highest BCUT2D eigenvalue weighted by Crippen LogP contribution is 2.34. The maximum Gasteiger partial charge on any atom is 0.347 e. The van der Waals surface area contributed by atoms with E-state index in [0.29, 0.717) is 17.2 Å². The molecule has 0 radical (unpaired) electrons. The molecule has 1 aliphatic heterocycles. The van der Waals surface area contributed by atoms with E-state index in [4.69, 9.17) is 4.74 Å². The molecule has 0 aromatic carbocycles. The minimum absolute atomic E-state index is 0.207. The monoisotopic (exact) mass is 298 g/mol. The number of nitrogens with zero attached hydrogens (tertiary/aromatic N) is 2. The molecule has 1 saturated heterocycles. The highest BCUT2D eigenvalue weighted by Gasteiger charge is 2.30. The summed E-state index contributed by atoms with van der Waals surface area (Å²) in [5, 5.41) is 10.2. The first-order chi connectivity index (χ1) is 9.32. The van der Waals surface area contributed by atoms with Crippen LogP contribution in [0.1, 0.15) is 49.5 Å². The number of carboxylic acids is 1. The van der Waals surface area contributed by atoms with Gasteiger partial charge in [-0.3, -0.25) is 0 Å². The van der Waals surface area contributed by atoms with E-state index in [-0.39, 0.29) is 11.5 Å². The summed E-state index contributed by atoms with van der Waals surface area (Å²) in [7, 11) is 0. The van der Waals surface area contributed by atoms with Crippen molar-refractivity contribution in [1.29, 1.82) is 0 Å². The summed E-state index contributed by atoms with van der Waals surface area (Å²) < 4.78 is 5.65. The van der Waals surface area contributed by atoms with Gasteiger partial charge in [0, 0.05) is 18.5 Å². The molecule has 1 aromatic rings. The Kier molecular flexibility index (Phi) is 4.34. The summed E-state index contributed by atoms with van der Waals surface area (Å²) in [6.45, 7) is 10.3. The SMILES string of the molecule is CCC1CN(c2nc(C(C)(C)C)c(C(=O)O)s2)CCO1. The van der Waals surface area contributed by atoms with Crippen LogP contribution in [0.15, 0.2) is 0 Å². The Bertz CT molecular complexity index is 493. The molecule has 1 aliphatic rings. The number of hydrogen-bond donors (Lipinski definition) is 1. The van der Waals surface area contributed by atoms with Gasteiger partial charge in [0.25, 0.3) is 0 Å². The number of rotatable bonds is 3. The van der Waals surface area contributed by atoms with E-state index < -0.39 is 5.97 Å². The lowest BCUT2D eigenvalue weighted by atomic mass is 9.91. The third kappa shape index (κ3) is 3.12. The van der Waals surface area contributed by atoms with Crippen LogP contribution in [-0.2, 0) is 10.2 Å². The number of thiazole rings is 1. The molecule has 1 unspecified atom stereocenters. The van der Waals surface area contributed by atoms with Crippen LogP contribution in [0.4, 0.5) is 5.13 Å². The first kappa shape index (κ1) is 15.3. The molecule has 0 amide bonds. The Hall–Kier alpha value is -1.14. The standard InChI is InChI=1S/C14H22N2O3S/c1-5-9-8-16(6-7-19-9)13-15-11(14(2,3)4)10(20-13)12(17)18/h9H,5-8H2,1-4H3,(H,17,18). The Balaban J connectivity index is 2.31. The van der Waals surface area contributed by atoms with E-state index >= 15 is 0 Å². The molecule has 112 valence electrons. The molecule has 1 N–H and O–H groups in total. The Morgan fingerprint density at radius 2 is 2.25 bits per heavy atom. The molecule has 0 bridgehead atoms. The van der Waals surface area contributed by atoms with E-state index in [9.17, 15) is 9.90 Å². The van der Waals surface area contributed by atoms with Gasteiger partial charge >= 0.3 is 5.97 Å². The molecule has 2 rings (SSSR count). The summed E-state index contributed by atoms with van der Waals surface area (Å²) in [6.07, 6.45) is 1.17. The fourth-order valence-corrected chi connectivity index (χ4v) is 3.39. The number of hydrogen-bond acceptors (Lipinski definition) is 5. The number of aromatic carboxylic acids is 1. The number of anilines is 1. The van der Waals surface area contributed by atoms with Gasteiger partial charge in [0.15, 0.2) is 5.13 Å². The normalized spacial score (nSPS) is 20.2. The second kappa shape index (κ2) is 5.69. The van der Waals surface area contributed by atoms with Crippen molar-refractivity contribution in [2.45, 2.75) is 45.6 Å². The number of carbonyl (C=O) groups is 1. The van der Waals surface area contributed by atoms with Gasteiger partial charge in [-0.25, -0.2) is 9.78 Å². The molecular formula is C14H22N2O3S. The molecule has 1 atom stereocenters. The molecule has 1 aromatic heterocycles. The topological polar surface area (TPSA) is 62.7 Å². The first-order valence-electron chi connectivity index (χ1n) is 6.94. The molecule has 20 heavy (non-hydrogen) atoms. The average molecular weight is 298 g/mol. The second-order valence-corrected chi connectivity index (χ2v) is 7.05. The van der Waals surface area contributed by atoms with Crippen LogP contribution in [0, 0.1) is 0 Å². The molecule has 0 spiro atoms. The number of morpholine rings is 1. The minimum atomic E-state index is -0.890. The van der Waals surface area contributed by atoms with Crippen LogP contribution in [0.2, 0.25) is 0 Å². The van der Waals surface area contributed by atoms with Gasteiger partial charge in [-0.05, 0) is 6.42 Å². The highest BCUT2D eigenvalue weighted by atomic mass is 32.1. The zero-order valence-corrected chi connectivity index (χ0v) is 13.3. The van der Waals surface area contributed by atoms with Crippen molar-refractivity contribution in [3.8, 4) is 0 Å². The van der Waals surface area contributed by atoms with Gasteiger partial charge < -0.3 is 14.7 Å². The third-order valence-electron chi connectivity index (χ3n) is 3.39. The maximum absolute atomic E-state index is 11.4. The quantitative estimate of drug-likeness (QED) is 0.929. The smallest absolute Gasteiger partial charge is 0.347 e. The minimum Gasteiger partial charge on any atom is -0.477 e. The van der Waals surface area contributed by atoms with Crippen LogP contribution >= 0.6 is 11.3 Å². The van der Waals surface area contributed by atoms with Crippen LogP contribution in [-0.4, -0.2) is 41.9 Å². The van der Waals surface area contributed by atoms with Gasteiger partial charge in [0.2, 0.25) is 0 Å². The average Bonchev–Trinajstić information content (AvgIpc) is 2.84. The van der Waals surface area contributed by atoms with Crippen molar-refractivity contribution in [1.82, 2.24) is 4.98 Å². The lowest BCUT2D eigenvalue weighted by molar-refractivity contribution is 0.0384. The van der Waals surface area contributed by atoms with Gasteiger partial charge in [-0.1, -0.05) is 39.0 Å². The van der Waals surface area contributed by atoms with Crippen molar-refractivity contribution in [3.63, 3.8) is 0 Å². The second-order valence-electron chi connectivity index (χ2n) is 6.08. The summed E-state index contributed by atoms with van der Waals surface area (Å²) >= 11 is 1.27. The van der Waals surface area contributed by atoms with Gasteiger partial charge in [0.1, 0.15) is 4.88 Å². The lowest BCUT2D eigenvalue weighted by Gasteiger charge is -2.32. The molecule has 5 nitrogen and oxygen atoms in total. The van der Waals surface area contributed by atoms with E-state index in [1.165, 1.54) is 11.3 Å². The summed E-state index contributed by atoms with van der Waals surface area (Å²) in [4.78, 5) is 18.5. The Labute approximate surface area is 123 Å². The number of aromatic nitrogens is 1. The van der Waals surface area contributed by atoms with Crippen molar-refractivity contribution < 1.29 is 14.6 Å². The molecule has 0 aliphatic carbocycles. The third-order valence-corrected chi connectivity index (χ3v) is 4.49. The summed E-state index contributed by atoms with van der Waals surface area (Å²) in [6, 6.07) is 0. The van der Waals surface area contributed by atoms with Crippen molar-refractivity contribution in [2.24, 2.45) is 0 Å². The Morgan fingerprint density at radius 1 is 1.55 bits per heavy atom. The summed E-state index contributed by atoms with van der Waals surface area (Å²) in [5.74, 6) is -0.890. The first-order valence-corrected chi connectivity index (χ1v) is 7.75. The van der Waals surface area contributed by atoms with Crippen molar-refractivity contribution >= 4 is 22.4 Å². The molecule has 2 heterocycles. The van der Waals surface area contributed by atoms with Gasteiger partial charge in [0.05, 0.1) is 18.4 Å². The van der Waals surface area contributed by atoms with Crippen LogP contribution < -0.4 is 4.90 Å². The maximum atomic E-state index is 11.4. The summed E-state index contributed by atoms with van der Waals surface area (Å²) in [5.41, 5.74) is 0.406. The molecule has 6 heteroatoms. The lowest BCUT2D eigenvalue weighted by Crippen LogP contribution is -2.42. The van der Waals surface area contributed by atoms with Gasteiger partial charge in [-0.15, -0.1) is 0 Å². The molecule has 1 fully saturated rings.